The summed E-state index contributed by atoms with van der Waals surface area (Å²) < 4.78 is 11.6. The van der Waals surface area contributed by atoms with Crippen LogP contribution in [0.5, 0.6) is 5.75 Å². The van der Waals surface area contributed by atoms with Gasteiger partial charge in [-0.3, -0.25) is 0 Å². The van der Waals surface area contributed by atoms with Crippen LogP contribution in [-0.2, 0) is 0 Å². The molecular weight excluding hydrogens is 286 g/mol. The third kappa shape index (κ3) is 2.56. The molecular formula is C16H15NO3S. The van der Waals surface area contributed by atoms with Gasteiger partial charge in [0, 0.05) is 0 Å². The number of fused-ring (bicyclic) bond motifs is 1. The number of ether oxygens (including phenoxy) is 1. The summed E-state index contributed by atoms with van der Waals surface area (Å²) in [6.07, 6.45) is 0.911. The Morgan fingerprint density at radius 2 is 2.14 bits per heavy atom. The van der Waals surface area contributed by atoms with Crippen LogP contribution in [0.25, 0.3) is 21.7 Å². The maximum atomic E-state index is 12.1. The zero-order chi connectivity index (χ0) is 14.8. The first kappa shape index (κ1) is 13.8. The van der Waals surface area contributed by atoms with Crippen LogP contribution in [-0.4, -0.2) is 11.6 Å². The van der Waals surface area contributed by atoms with E-state index in [1.54, 1.807) is 0 Å². The Bertz CT molecular complexity index is 835. The number of hydrogen-bond acceptors (Lipinski definition) is 5. The third-order valence-electron chi connectivity index (χ3n) is 3.11. The Morgan fingerprint density at radius 3 is 2.95 bits per heavy atom. The predicted octanol–water partition coefficient (Wildman–Crippen LogP) is 4.01. The molecule has 0 bridgehead atoms. The van der Waals surface area contributed by atoms with Crippen molar-refractivity contribution >= 4 is 21.6 Å². The van der Waals surface area contributed by atoms with E-state index in [9.17, 15) is 4.79 Å². The summed E-state index contributed by atoms with van der Waals surface area (Å²) in [6, 6.07) is 7.47. The molecule has 4 nitrogen and oxygen atoms in total. The lowest BCUT2D eigenvalue weighted by Crippen LogP contribution is -2.02. The van der Waals surface area contributed by atoms with Crippen LogP contribution in [0.3, 0.4) is 0 Å². The number of benzene rings is 1. The van der Waals surface area contributed by atoms with Gasteiger partial charge in [0.25, 0.3) is 0 Å². The fourth-order valence-corrected chi connectivity index (χ4v) is 2.94. The van der Waals surface area contributed by atoms with Crippen LogP contribution in [0.4, 0.5) is 0 Å². The Labute approximate surface area is 126 Å². The first-order valence-corrected chi connectivity index (χ1v) is 7.69. The van der Waals surface area contributed by atoms with Gasteiger partial charge in [-0.25, -0.2) is 9.78 Å². The molecule has 0 aliphatic rings. The molecule has 0 N–H and O–H groups in total. The van der Waals surface area contributed by atoms with Crippen LogP contribution in [0.2, 0.25) is 0 Å². The maximum absolute atomic E-state index is 12.1. The lowest BCUT2D eigenvalue weighted by molar-refractivity contribution is 0.317. The van der Waals surface area contributed by atoms with E-state index in [2.05, 4.69) is 4.98 Å². The highest BCUT2D eigenvalue weighted by Gasteiger charge is 2.15. The van der Waals surface area contributed by atoms with Crippen molar-refractivity contribution in [1.29, 1.82) is 0 Å². The third-order valence-corrected chi connectivity index (χ3v) is 4.18. The molecule has 0 saturated carbocycles. The number of aryl methyl sites for hydroxylation is 1. The molecule has 2 aromatic heterocycles. The zero-order valence-electron chi connectivity index (χ0n) is 11.9. The van der Waals surface area contributed by atoms with Crippen LogP contribution < -0.4 is 10.4 Å². The van der Waals surface area contributed by atoms with Gasteiger partial charge in [0.05, 0.1) is 17.7 Å². The average molecular weight is 301 g/mol. The molecule has 21 heavy (non-hydrogen) atoms. The van der Waals surface area contributed by atoms with Crippen LogP contribution in [0.15, 0.2) is 38.9 Å². The van der Waals surface area contributed by atoms with E-state index in [1.165, 1.54) is 11.3 Å². The minimum Gasteiger partial charge on any atom is -0.493 e. The van der Waals surface area contributed by atoms with Gasteiger partial charge in [-0.05, 0) is 36.4 Å². The number of aromatic nitrogens is 1. The van der Waals surface area contributed by atoms with E-state index in [4.69, 9.17) is 9.15 Å². The summed E-state index contributed by atoms with van der Waals surface area (Å²) in [5, 5.41) is 1.91. The Hall–Kier alpha value is -2.14. The van der Waals surface area contributed by atoms with E-state index in [0.717, 1.165) is 12.0 Å². The molecule has 108 valence electrons. The molecule has 0 fully saturated rings. The minimum absolute atomic E-state index is 0.306. The standard InChI is InChI=1S/C16H15NO3S/c1-3-8-19-12-7-5-4-6-11(12)15-17-13-10(2)9-21-14(13)16(18)20-15/h4-7,9H,3,8H2,1-2H3. The number of para-hydroxylation sites is 1. The van der Waals surface area contributed by atoms with E-state index in [1.807, 2.05) is 43.5 Å². The van der Waals surface area contributed by atoms with Crippen molar-refractivity contribution in [2.24, 2.45) is 0 Å². The first-order chi connectivity index (χ1) is 10.2. The molecule has 0 aliphatic heterocycles. The second-order valence-electron chi connectivity index (χ2n) is 4.75. The van der Waals surface area contributed by atoms with Gasteiger partial charge < -0.3 is 9.15 Å². The summed E-state index contributed by atoms with van der Waals surface area (Å²) in [5.74, 6) is 0.989. The Balaban J connectivity index is 2.16. The molecule has 3 rings (SSSR count). The number of nitrogens with zero attached hydrogens (tertiary/aromatic N) is 1. The molecule has 0 aliphatic carbocycles. The Morgan fingerprint density at radius 1 is 1.33 bits per heavy atom. The van der Waals surface area contributed by atoms with Gasteiger partial charge in [-0.1, -0.05) is 19.1 Å². The lowest BCUT2D eigenvalue weighted by Gasteiger charge is -2.09. The molecule has 0 unspecified atom stereocenters. The predicted molar refractivity (Wildman–Crippen MR) is 84.1 cm³/mol. The summed E-state index contributed by atoms with van der Waals surface area (Å²) >= 11 is 1.36. The zero-order valence-corrected chi connectivity index (χ0v) is 12.7. The van der Waals surface area contributed by atoms with Gasteiger partial charge >= 0.3 is 5.63 Å². The highest BCUT2D eigenvalue weighted by Crippen LogP contribution is 2.30. The fourth-order valence-electron chi connectivity index (χ4n) is 2.08. The van der Waals surface area contributed by atoms with Crippen molar-refractivity contribution in [2.45, 2.75) is 20.3 Å². The van der Waals surface area contributed by atoms with Crippen LogP contribution in [0, 0.1) is 6.92 Å². The SMILES string of the molecule is CCCOc1ccccc1-c1nc2c(C)csc2c(=O)o1. The summed E-state index contributed by atoms with van der Waals surface area (Å²) in [6.45, 7) is 4.59. The molecule has 0 spiro atoms. The molecule has 5 heteroatoms. The van der Waals surface area contributed by atoms with Crippen LogP contribution >= 0.6 is 11.3 Å². The van der Waals surface area contributed by atoms with Gasteiger partial charge in [-0.2, -0.15) is 0 Å². The quantitative estimate of drug-likeness (QED) is 0.730. The maximum Gasteiger partial charge on any atom is 0.357 e. The molecule has 0 atom stereocenters. The first-order valence-electron chi connectivity index (χ1n) is 6.82. The molecule has 0 radical (unpaired) electrons. The van der Waals surface area contributed by atoms with Crippen molar-refractivity contribution in [3.63, 3.8) is 0 Å². The summed E-state index contributed by atoms with van der Waals surface area (Å²) in [5.41, 5.74) is 2.04. The largest absolute Gasteiger partial charge is 0.493 e. The van der Waals surface area contributed by atoms with Crippen molar-refractivity contribution in [3.05, 3.63) is 45.6 Å². The van der Waals surface area contributed by atoms with Gasteiger partial charge in [0.2, 0.25) is 5.89 Å². The topological polar surface area (TPSA) is 52.3 Å². The molecule has 0 amide bonds. The van der Waals surface area contributed by atoms with E-state index in [0.29, 0.717) is 34.0 Å². The Kier molecular flexibility index (Phi) is 3.75. The van der Waals surface area contributed by atoms with Crippen molar-refractivity contribution in [3.8, 4) is 17.2 Å². The van der Waals surface area contributed by atoms with Crippen LogP contribution in [0.1, 0.15) is 18.9 Å². The minimum atomic E-state index is -0.349. The monoisotopic (exact) mass is 301 g/mol. The molecule has 0 saturated heterocycles. The molecule has 1 aromatic carbocycles. The van der Waals surface area contributed by atoms with Gasteiger partial charge in [0.15, 0.2) is 0 Å². The summed E-state index contributed by atoms with van der Waals surface area (Å²) in [7, 11) is 0. The highest BCUT2D eigenvalue weighted by atomic mass is 32.1. The number of hydrogen-bond donors (Lipinski definition) is 0. The molecule has 2 heterocycles. The lowest BCUT2D eigenvalue weighted by atomic mass is 10.2. The smallest absolute Gasteiger partial charge is 0.357 e. The van der Waals surface area contributed by atoms with Gasteiger partial charge in [-0.15, -0.1) is 11.3 Å². The second kappa shape index (κ2) is 5.69. The van der Waals surface area contributed by atoms with Gasteiger partial charge in [0.1, 0.15) is 10.4 Å². The number of thiophene rings is 1. The molecule has 3 aromatic rings. The van der Waals surface area contributed by atoms with E-state index >= 15 is 0 Å². The van der Waals surface area contributed by atoms with E-state index in [-0.39, 0.29) is 5.63 Å². The highest BCUT2D eigenvalue weighted by molar-refractivity contribution is 7.17. The fraction of sp³-hybridized carbons (Fsp3) is 0.250. The normalized spacial score (nSPS) is 11.0. The van der Waals surface area contributed by atoms with E-state index < -0.39 is 0 Å². The van der Waals surface area contributed by atoms with Crippen molar-refractivity contribution < 1.29 is 9.15 Å². The van der Waals surface area contributed by atoms with Crippen molar-refractivity contribution in [1.82, 2.24) is 4.98 Å². The number of rotatable bonds is 4. The van der Waals surface area contributed by atoms with Crippen molar-refractivity contribution in [2.75, 3.05) is 6.61 Å². The second-order valence-corrected chi connectivity index (χ2v) is 5.63. The average Bonchev–Trinajstić information content (AvgIpc) is 2.87. The summed E-state index contributed by atoms with van der Waals surface area (Å²) in [4.78, 5) is 16.6.